The predicted molar refractivity (Wildman–Crippen MR) is 106 cm³/mol. The van der Waals surface area contributed by atoms with Gasteiger partial charge in [0.05, 0.1) is 11.6 Å². The normalized spacial score (nSPS) is 10.7. The molecule has 0 spiro atoms. The molecule has 27 heavy (non-hydrogen) atoms. The zero-order chi connectivity index (χ0) is 19.6. The minimum absolute atomic E-state index is 0.196. The van der Waals surface area contributed by atoms with Crippen LogP contribution in [0.2, 0.25) is 5.02 Å². The number of amides is 2. The molecule has 0 saturated heterocycles. The molecule has 0 atom stereocenters. The van der Waals surface area contributed by atoms with E-state index in [1.54, 1.807) is 38.1 Å². The maximum absolute atomic E-state index is 12.7. The Hall–Kier alpha value is -2.99. The summed E-state index contributed by atoms with van der Waals surface area (Å²) in [6.07, 6.45) is -0.549. The van der Waals surface area contributed by atoms with E-state index in [-0.39, 0.29) is 12.4 Å². The summed E-state index contributed by atoms with van der Waals surface area (Å²) in [7, 11) is 0. The third-order valence-corrected chi connectivity index (χ3v) is 4.51. The fourth-order valence-electron chi connectivity index (χ4n) is 2.79. The quantitative estimate of drug-likeness (QED) is 0.618. The van der Waals surface area contributed by atoms with Crippen LogP contribution >= 0.6 is 11.6 Å². The van der Waals surface area contributed by atoms with Gasteiger partial charge in [0, 0.05) is 22.3 Å². The van der Waals surface area contributed by atoms with Crippen molar-refractivity contribution >= 4 is 45.9 Å². The van der Waals surface area contributed by atoms with Gasteiger partial charge in [-0.05, 0) is 44.5 Å². The lowest BCUT2D eigenvalue weighted by Crippen LogP contribution is -2.16. The Labute approximate surface area is 161 Å². The second-order valence-corrected chi connectivity index (χ2v) is 6.36. The van der Waals surface area contributed by atoms with Crippen molar-refractivity contribution in [2.45, 2.75) is 20.8 Å². The molecular weight excluding hydrogens is 368 g/mol. The molecule has 140 valence electrons. The number of nitrogens with one attached hydrogen (secondary N) is 2. The van der Waals surface area contributed by atoms with Crippen molar-refractivity contribution in [3.63, 3.8) is 0 Å². The minimum Gasteiger partial charge on any atom is -0.450 e. The van der Waals surface area contributed by atoms with E-state index in [1.165, 1.54) is 0 Å². The van der Waals surface area contributed by atoms with E-state index in [1.807, 2.05) is 19.1 Å². The summed E-state index contributed by atoms with van der Waals surface area (Å²) >= 11 is 6.15. The van der Waals surface area contributed by atoms with E-state index in [2.05, 4.69) is 10.6 Å². The van der Waals surface area contributed by atoms with Crippen molar-refractivity contribution in [1.29, 1.82) is 0 Å². The molecule has 1 aromatic heterocycles. The Morgan fingerprint density at radius 3 is 2.37 bits per heavy atom. The summed E-state index contributed by atoms with van der Waals surface area (Å²) in [5.74, 6) is -0.197. The number of furan rings is 1. The molecule has 7 heteroatoms. The smallest absolute Gasteiger partial charge is 0.411 e. The number of benzene rings is 2. The third kappa shape index (κ3) is 3.75. The van der Waals surface area contributed by atoms with Gasteiger partial charge in [-0.2, -0.15) is 0 Å². The Balaban J connectivity index is 1.88. The van der Waals surface area contributed by atoms with Gasteiger partial charge >= 0.3 is 6.09 Å². The number of rotatable bonds is 4. The number of aryl methyl sites for hydroxylation is 1. The zero-order valence-electron chi connectivity index (χ0n) is 15.2. The van der Waals surface area contributed by atoms with Gasteiger partial charge in [-0.25, -0.2) is 4.79 Å². The fourth-order valence-corrected chi connectivity index (χ4v) is 3.00. The highest BCUT2D eigenvalue weighted by Crippen LogP contribution is 2.31. The predicted octanol–water partition coefficient (Wildman–Crippen LogP) is 5.52. The van der Waals surface area contributed by atoms with E-state index in [0.717, 1.165) is 5.39 Å². The standard InChI is InChI=1S/C20H19ClN2O4/c1-4-26-20(25)23-16-10-6-9-15(12(16)3)22-19(24)17-11(2)13-7-5-8-14(21)18(13)27-17/h5-10H,4H2,1-3H3,(H,22,24)(H,23,25). The van der Waals surface area contributed by atoms with E-state index >= 15 is 0 Å². The van der Waals surface area contributed by atoms with Crippen LogP contribution in [-0.4, -0.2) is 18.6 Å². The largest absolute Gasteiger partial charge is 0.450 e. The molecule has 0 unspecified atom stereocenters. The van der Waals surface area contributed by atoms with Gasteiger partial charge in [-0.1, -0.05) is 29.8 Å². The van der Waals surface area contributed by atoms with Crippen molar-refractivity contribution in [2.24, 2.45) is 0 Å². The Morgan fingerprint density at radius 2 is 1.70 bits per heavy atom. The van der Waals surface area contributed by atoms with Crippen LogP contribution in [0.25, 0.3) is 11.0 Å². The summed E-state index contributed by atoms with van der Waals surface area (Å²) < 4.78 is 10.6. The molecule has 0 fully saturated rings. The topological polar surface area (TPSA) is 80.6 Å². The Morgan fingerprint density at radius 1 is 1.04 bits per heavy atom. The molecule has 0 aliphatic heterocycles. The van der Waals surface area contributed by atoms with Crippen LogP contribution in [0.1, 0.15) is 28.6 Å². The Bertz CT molecular complexity index is 1030. The van der Waals surface area contributed by atoms with Crippen molar-refractivity contribution in [2.75, 3.05) is 17.2 Å². The highest BCUT2D eigenvalue weighted by molar-refractivity contribution is 6.35. The highest BCUT2D eigenvalue weighted by atomic mass is 35.5. The zero-order valence-corrected chi connectivity index (χ0v) is 15.9. The molecule has 0 saturated carbocycles. The van der Waals surface area contributed by atoms with Crippen molar-refractivity contribution in [3.8, 4) is 0 Å². The summed E-state index contributed by atoms with van der Waals surface area (Å²) in [6, 6.07) is 10.6. The van der Waals surface area contributed by atoms with Gasteiger partial charge in [-0.15, -0.1) is 0 Å². The number of carbonyl (C=O) groups excluding carboxylic acids is 2. The second kappa shape index (κ2) is 7.72. The van der Waals surface area contributed by atoms with Crippen molar-refractivity contribution in [3.05, 3.63) is 58.3 Å². The van der Waals surface area contributed by atoms with Gasteiger partial charge in [0.15, 0.2) is 11.3 Å². The van der Waals surface area contributed by atoms with Gasteiger partial charge < -0.3 is 14.5 Å². The van der Waals surface area contributed by atoms with Gasteiger partial charge in [0.1, 0.15) is 0 Å². The molecule has 0 bridgehead atoms. The van der Waals surface area contributed by atoms with Gasteiger partial charge in [0.2, 0.25) is 0 Å². The van der Waals surface area contributed by atoms with Crippen LogP contribution in [-0.2, 0) is 4.74 Å². The first-order valence-corrected chi connectivity index (χ1v) is 8.82. The maximum Gasteiger partial charge on any atom is 0.411 e. The fraction of sp³-hybridized carbons (Fsp3) is 0.200. The number of para-hydroxylation sites is 1. The lowest BCUT2D eigenvalue weighted by molar-refractivity contribution is 0.0998. The van der Waals surface area contributed by atoms with E-state index in [4.69, 9.17) is 20.8 Å². The second-order valence-electron chi connectivity index (χ2n) is 5.95. The third-order valence-electron chi connectivity index (χ3n) is 4.22. The SMILES string of the molecule is CCOC(=O)Nc1cccc(NC(=O)c2oc3c(Cl)cccc3c2C)c1C. The number of hydrogen-bond acceptors (Lipinski definition) is 4. The van der Waals surface area contributed by atoms with E-state index in [9.17, 15) is 9.59 Å². The molecule has 2 aromatic carbocycles. The monoisotopic (exact) mass is 386 g/mol. The molecule has 2 amide bonds. The molecule has 6 nitrogen and oxygen atoms in total. The number of halogens is 1. The van der Waals surface area contributed by atoms with Crippen LogP contribution in [0.3, 0.4) is 0 Å². The Kier molecular flexibility index (Phi) is 5.37. The van der Waals surface area contributed by atoms with Crippen LogP contribution in [0.15, 0.2) is 40.8 Å². The number of fused-ring (bicyclic) bond motifs is 1. The maximum atomic E-state index is 12.7. The minimum atomic E-state index is -0.549. The van der Waals surface area contributed by atoms with Crippen LogP contribution < -0.4 is 10.6 Å². The molecule has 3 rings (SSSR count). The van der Waals surface area contributed by atoms with Gasteiger partial charge in [-0.3, -0.25) is 10.1 Å². The van der Waals surface area contributed by atoms with Crippen LogP contribution in [0, 0.1) is 13.8 Å². The molecule has 0 aliphatic rings. The highest BCUT2D eigenvalue weighted by Gasteiger charge is 2.20. The van der Waals surface area contributed by atoms with E-state index in [0.29, 0.717) is 33.1 Å². The lowest BCUT2D eigenvalue weighted by atomic mass is 10.1. The number of ether oxygens (including phenoxy) is 1. The van der Waals surface area contributed by atoms with Crippen LogP contribution in [0.4, 0.5) is 16.2 Å². The molecule has 1 heterocycles. The molecule has 0 radical (unpaired) electrons. The molecule has 2 N–H and O–H groups in total. The average molecular weight is 387 g/mol. The van der Waals surface area contributed by atoms with Crippen molar-refractivity contribution in [1.82, 2.24) is 0 Å². The first-order chi connectivity index (χ1) is 12.9. The molecular formula is C20H19ClN2O4. The first kappa shape index (κ1) is 18.8. The van der Waals surface area contributed by atoms with Gasteiger partial charge in [0.25, 0.3) is 5.91 Å². The lowest BCUT2D eigenvalue weighted by Gasteiger charge is -2.13. The van der Waals surface area contributed by atoms with E-state index < -0.39 is 12.0 Å². The summed E-state index contributed by atoms with van der Waals surface area (Å²) in [5, 5.41) is 6.72. The number of carbonyl (C=O) groups is 2. The first-order valence-electron chi connectivity index (χ1n) is 8.44. The van der Waals surface area contributed by atoms with Crippen molar-refractivity contribution < 1.29 is 18.7 Å². The average Bonchev–Trinajstić information content (AvgIpc) is 2.97. The molecule has 3 aromatic rings. The number of anilines is 2. The van der Waals surface area contributed by atoms with Crippen LogP contribution in [0.5, 0.6) is 0 Å². The number of hydrogen-bond donors (Lipinski definition) is 2. The summed E-state index contributed by atoms with van der Waals surface area (Å²) in [6.45, 7) is 5.60. The molecule has 0 aliphatic carbocycles. The summed E-state index contributed by atoms with van der Waals surface area (Å²) in [5.41, 5.74) is 3.00. The summed E-state index contributed by atoms with van der Waals surface area (Å²) in [4.78, 5) is 24.4.